The summed E-state index contributed by atoms with van der Waals surface area (Å²) in [7, 11) is 0. The highest BCUT2D eigenvalue weighted by Gasteiger charge is 2.40. The van der Waals surface area contributed by atoms with Crippen LogP contribution in [0.3, 0.4) is 0 Å². The Bertz CT molecular complexity index is 1630. The number of likely N-dealkylation sites (tertiary alicyclic amines) is 1. The van der Waals surface area contributed by atoms with Gasteiger partial charge in [0.2, 0.25) is 11.8 Å². The van der Waals surface area contributed by atoms with Gasteiger partial charge < -0.3 is 15.0 Å². The molecule has 0 unspecified atom stereocenters. The predicted octanol–water partition coefficient (Wildman–Crippen LogP) is 4.00. The first-order valence-electron chi connectivity index (χ1n) is 12.1. The quantitative estimate of drug-likeness (QED) is 0.244. The maximum atomic E-state index is 14.4. The van der Waals surface area contributed by atoms with Gasteiger partial charge in [-0.3, -0.25) is 19.1 Å². The molecule has 4 heterocycles. The van der Waals surface area contributed by atoms with E-state index >= 15 is 0 Å². The van der Waals surface area contributed by atoms with Crippen LogP contribution in [0.15, 0.2) is 47.3 Å². The number of pyridine rings is 1. The van der Waals surface area contributed by atoms with E-state index in [0.29, 0.717) is 16.7 Å². The number of fused-ring (bicyclic) bond motifs is 1. The van der Waals surface area contributed by atoms with Crippen molar-refractivity contribution >= 4 is 50.2 Å². The van der Waals surface area contributed by atoms with Gasteiger partial charge in [-0.15, -0.1) is 0 Å². The number of halogens is 3. The summed E-state index contributed by atoms with van der Waals surface area (Å²) < 4.78 is 34.8. The number of carbonyl (C=O) groups excluding carboxylic acids is 3. The zero-order valence-corrected chi connectivity index (χ0v) is 22.9. The van der Waals surface area contributed by atoms with Gasteiger partial charge in [-0.25, -0.2) is 23.7 Å². The molecule has 0 saturated carbocycles. The highest BCUT2D eigenvalue weighted by Crippen LogP contribution is 2.28. The Balaban J connectivity index is 1.37. The Morgan fingerprint density at radius 2 is 1.93 bits per heavy atom. The zero-order valence-electron chi connectivity index (χ0n) is 21.3. The molecule has 1 aliphatic heterocycles. The number of hydrogen-bond donors (Lipinski definition) is 1. The summed E-state index contributed by atoms with van der Waals surface area (Å²) in [5.41, 5.74) is 1.45. The van der Waals surface area contributed by atoms with Crippen molar-refractivity contribution in [3.63, 3.8) is 0 Å². The summed E-state index contributed by atoms with van der Waals surface area (Å²) in [6.07, 6.45) is 1.59. The lowest BCUT2D eigenvalue weighted by molar-refractivity contribution is -0.137. The lowest BCUT2D eigenvalue weighted by Crippen LogP contribution is -2.44. The van der Waals surface area contributed by atoms with Crippen LogP contribution in [0.2, 0.25) is 0 Å². The van der Waals surface area contributed by atoms with E-state index in [1.165, 1.54) is 17.7 Å². The second-order valence-electron chi connectivity index (χ2n) is 9.24. The molecule has 0 radical (unpaired) electrons. The summed E-state index contributed by atoms with van der Waals surface area (Å²) in [4.78, 5) is 51.8. The minimum Gasteiger partial charge on any atom is -0.424 e. The number of carbonyl (C=O) groups is 3. The number of alkyl halides is 1. The van der Waals surface area contributed by atoms with E-state index in [2.05, 4.69) is 41.3 Å². The number of aromatic nitrogens is 5. The van der Waals surface area contributed by atoms with Crippen molar-refractivity contribution < 1.29 is 27.9 Å². The minimum absolute atomic E-state index is 0.0474. The number of aryl methyl sites for hydroxylation is 1. The summed E-state index contributed by atoms with van der Waals surface area (Å²) in [6, 6.07) is 6.23. The molecule has 0 bridgehead atoms. The highest BCUT2D eigenvalue weighted by molar-refractivity contribution is 9.10. The molecule has 1 N–H and O–H groups in total. The van der Waals surface area contributed by atoms with E-state index in [1.807, 2.05) is 6.92 Å². The van der Waals surface area contributed by atoms with Gasteiger partial charge in [-0.05, 0) is 58.7 Å². The van der Waals surface area contributed by atoms with Crippen LogP contribution in [0.5, 0.6) is 11.8 Å². The third-order valence-electron chi connectivity index (χ3n) is 6.23. The molecular weight excluding hydrogens is 592 g/mol. The standard InChI is InChI=1S/C26H22BrF2N7O4/c1-13-9-30-26(31-10-13)40-16-3-5-19-17(8-16)23(14(2)37)34-36(19)12-22(38)35-11-15(28)7-20(35)25(39)33-21-6-4-18(29)24(27)32-21/h3-6,8-10,15,20H,7,11-12H2,1-2H3,(H,32,33,39)/t15-,20+/m1/s1. The second kappa shape index (κ2) is 11.0. The van der Waals surface area contributed by atoms with Crippen molar-refractivity contribution in [1.82, 2.24) is 29.6 Å². The molecule has 3 aromatic heterocycles. The number of hydrogen-bond acceptors (Lipinski definition) is 8. The Morgan fingerprint density at radius 3 is 2.62 bits per heavy atom. The number of nitrogens with zero attached hydrogens (tertiary/aromatic N) is 6. The molecule has 2 amide bonds. The molecule has 0 spiro atoms. The largest absolute Gasteiger partial charge is 0.424 e. The molecule has 2 atom stereocenters. The zero-order chi connectivity index (χ0) is 28.6. The molecule has 40 heavy (non-hydrogen) atoms. The second-order valence-corrected chi connectivity index (χ2v) is 9.99. The first-order valence-corrected chi connectivity index (χ1v) is 12.9. The Kier molecular flexibility index (Phi) is 7.52. The van der Waals surface area contributed by atoms with Crippen LogP contribution in [-0.2, 0) is 16.1 Å². The molecule has 1 aromatic carbocycles. The van der Waals surface area contributed by atoms with Gasteiger partial charge in [0.25, 0.3) is 0 Å². The van der Waals surface area contributed by atoms with Gasteiger partial charge in [0, 0.05) is 31.1 Å². The van der Waals surface area contributed by atoms with Crippen molar-refractivity contribution in [2.24, 2.45) is 0 Å². The van der Waals surface area contributed by atoms with Crippen molar-refractivity contribution in [3.05, 3.63) is 64.4 Å². The molecule has 0 aliphatic carbocycles. The molecular formula is C26H22BrF2N7O4. The fourth-order valence-corrected chi connectivity index (χ4v) is 4.69. The van der Waals surface area contributed by atoms with Gasteiger partial charge in [-0.2, -0.15) is 5.10 Å². The van der Waals surface area contributed by atoms with Crippen LogP contribution in [0.1, 0.15) is 29.4 Å². The Hall–Kier alpha value is -4.33. The number of ketones is 1. The van der Waals surface area contributed by atoms with Crippen LogP contribution in [0, 0.1) is 12.7 Å². The topological polar surface area (TPSA) is 132 Å². The van der Waals surface area contributed by atoms with E-state index in [0.717, 1.165) is 16.5 Å². The number of benzene rings is 1. The smallest absolute Gasteiger partial charge is 0.321 e. The third-order valence-corrected chi connectivity index (χ3v) is 6.79. The maximum absolute atomic E-state index is 14.4. The van der Waals surface area contributed by atoms with Crippen LogP contribution in [0.4, 0.5) is 14.6 Å². The third kappa shape index (κ3) is 5.66. The Morgan fingerprint density at radius 1 is 1.18 bits per heavy atom. The molecule has 5 rings (SSSR count). The molecule has 14 heteroatoms. The average molecular weight is 614 g/mol. The molecule has 4 aromatic rings. The van der Waals surface area contributed by atoms with Gasteiger partial charge in [0.1, 0.15) is 40.6 Å². The van der Waals surface area contributed by atoms with Gasteiger partial charge in [0.05, 0.1) is 12.1 Å². The number of nitrogens with one attached hydrogen (secondary N) is 1. The lowest BCUT2D eigenvalue weighted by atomic mass is 10.1. The summed E-state index contributed by atoms with van der Waals surface area (Å²) in [5, 5.41) is 7.26. The molecule has 11 nitrogen and oxygen atoms in total. The number of ether oxygens (including phenoxy) is 1. The van der Waals surface area contributed by atoms with Gasteiger partial charge in [-0.1, -0.05) is 0 Å². The van der Waals surface area contributed by atoms with E-state index in [-0.39, 0.29) is 47.4 Å². The van der Waals surface area contributed by atoms with E-state index < -0.39 is 29.8 Å². The predicted molar refractivity (Wildman–Crippen MR) is 142 cm³/mol. The molecule has 1 aliphatic rings. The fraction of sp³-hybridized carbons (Fsp3) is 0.269. The number of rotatable bonds is 7. The summed E-state index contributed by atoms with van der Waals surface area (Å²) in [5.74, 6) is -1.76. The summed E-state index contributed by atoms with van der Waals surface area (Å²) >= 11 is 2.95. The van der Waals surface area contributed by atoms with Crippen molar-refractivity contribution in [3.8, 4) is 11.8 Å². The fourth-order valence-electron chi connectivity index (χ4n) is 4.37. The number of anilines is 1. The number of amides is 2. The van der Waals surface area contributed by atoms with E-state index in [4.69, 9.17) is 4.74 Å². The SMILES string of the molecule is CC(=O)c1nn(CC(=O)N2C[C@H](F)C[C@H]2C(=O)Nc2ccc(F)c(Br)n2)c2ccc(Oc3ncc(C)cn3)cc12. The van der Waals surface area contributed by atoms with Gasteiger partial charge >= 0.3 is 6.01 Å². The van der Waals surface area contributed by atoms with E-state index in [9.17, 15) is 23.2 Å². The van der Waals surface area contributed by atoms with Crippen LogP contribution in [-0.4, -0.2) is 66.0 Å². The molecule has 1 fully saturated rings. The van der Waals surface area contributed by atoms with Crippen LogP contribution < -0.4 is 10.1 Å². The first-order chi connectivity index (χ1) is 19.1. The number of Topliss-reactive ketones (excluding diaryl/α,β-unsaturated/α-hetero) is 1. The van der Waals surface area contributed by atoms with Crippen molar-refractivity contribution in [1.29, 1.82) is 0 Å². The maximum Gasteiger partial charge on any atom is 0.321 e. The normalized spacial score (nSPS) is 16.8. The Labute approximate surface area is 234 Å². The van der Waals surface area contributed by atoms with Crippen LogP contribution >= 0.6 is 15.9 Å². The highest BCUT2D eigenvalue weighted by atomic mass is 79.9. The first kappa shape index (κ1) is 27.2. The summed E-state index contributed by atoms with van der Waals surface area (Å²) in [6.45, 7) is 2.56. The monoisotopic (exact) mass is 613 g/mol. The lowest BCUT2D eigenvalue weighted by Gasteiger charge is -2.23. The minimum atomic E-state index is -1.42. The molecule has 1 saturated heterocycles. The van der Waals surface area contributed by atoms with Gasteiger partial charge in [0.15, 0.2) is 11.6 Å². The molecule has 206 valence electrons. The average Bonchev–Trinajstić information content (AvgIpc) is 3.48. The van der Waals surface area contributed by atoms with Crippen LogP contribution in [0.25, 0.3) is 10.9 Å². The van der Waals surface area contributed by atoms with Crippen molar-refractivity contribution in [2.45, 2.75) is 39.0 Å². The van der Waals surface area contributed by atoms with E-state index in [1.54, 1.807) is 30.6 Å². The van der Waals surface area contributed by atoms with Crippen molar-refractivity contribution in [2.75, 3.05) is 11.9 Å².